The highest BCUT2D eigenvalue weighted by Gasteiger charge is 2.28. The van der Waals surface area contributed by atoms with Crippen LogP contribution in [0, 0.1) is 0 Å². The van der Waals surface area contributed by atoms with Gasteiger partial charge >= 0.3 is 0 Å². The molecule has 0 saturated heterocycles. The van der Waals surface area contributed by atoms with E-state index < -0.39 is 6.61 Å². The van der Waals surface area contributed by atoms with Gasteiger partial charge in [-0.05, 0) is 6.07 Å². The van der Waals surface area contributed by atoms with Crippen LogP contribution in [-0.2, 0) is 31.9 Å². The molecule has 3 aromatic heterocycles. The van der Waals surface area contributed by atoms with E-state index in [2.05, 4.69) is 14.6 Å². The van der Waals surface area contributed by atoms with Crippen LogP contribution >= 0.6 is 11.6 Å². The summed E-state index contributed by atoms with van der Waals surface area (Å²) in [5.74, 6) is -0.267. The zero-order chi connectivity index (χ0) is 17.7. The smallest absolute Gasteiger partial charge is 0.248 e. The lowest BCUT2D eigenvalue weighted by Crippen LogP contribution is -2.37. The van der Waals surface area contributed by atoms with Crippen molar-refractivity contribution < 1.29 is 9.90 Å². The van der Waals surface area contributed by atoms with Crippen LogP contribution in [0.15, 0.2) is 18.5 Å². The van der Waals surface area contributed by atoms with E-state index in [0.717, 1.165) is 33.5 Å². The second-order valence-electron chi connectivity index (χ2n) is 6.26. The molecule has 0 unspecified atom stereocenters. The van der Waals surface area contributed by atoms with Gasteiger partial charge < -0.3 is 14.6 Å². The number of hydrogen-bond donors (Lipinski definition) is 1. The van der Waals surface area contributed by atoms with Crippen molar-refractivity contribution in [2.75, 3.05) is 13.2 Å². The van der Waals surface area contributed by atoms with Gasteiger partial charge in [-0.25, -0.2) is 0 Å². The van der Waals surface area contributed by atoms with E-state index in [0.29, 0.717) is 24.5 Å². The zero-order valence-electron chi connectivity index (χ0n) is 14.0. The van der Waals surface area contributed by atoms with Crippen molar-refractivity contribution in [2.45, 2.75) is 13.0 Å². The molecule has 4 rings (SSSR count). The second-order valence-corrected chi connectivity index (χ2v) is 6.67. The molecule has 1 aliphatic rings. The number of aliphatic hydroxyl groups excluding tert-OH is 1. The number of carbonyl (C=O) groups excluding carboxylic acids is 1. The maximum Gasteiger partial charge on any atom is 0.248 e. The van der Waals surface area contributed by atoms with Gasteiger partial charge in [-0.3, -0.25) is 14.5 Å². The molecule has 0 aliphatic carbocycles. The summed E-state index contributed by atoms with van der Waals surface area (Å²) in [5.41, 5.74) is 4.60. The molecule has 0 aromatic carbocycles. The van der Waals surface area contributed by atoms with Gasteiger partial charge in [-0.15, -0.1) is 0 Å². The predicted octanol–water partition coefficient (Wildman–Crippen LogP) is 1.50. The van der Waals surface area contributed by atoms with E-state index in [9.17, 15) is 9.90 Å². The normalized spacial score (nSPS) is 14.2. The number of halogens is 1. The monoisotopic (exact) mass is 359 g/mol. The highest BCUT2D eigenvalue weighted by molar-refractivity contribution is 6.35. The summed E-state index contributed by atoms with van der Waals surface area (Å²) in [4.78, 5) is 18.2. The number of nitrogens with zero attached hydrogens (tertiary/aromatic N) is 5. The van der Waals surface area contributed by atoms with Gasteiger partial charge in [-0.2, -0.15) is 5.10 Å². The molecule has 7 nitrogen and oxygen atoms in total. The summed E-state index contributed by atoms with van der Waals surface area (Å²) < 4.78 is 3.82. The third kappa shape index (κ3) is 2.42. The Bertz CT molecular complexity index is 991. The van der Waals surface area contributed by atoms with Crippen molar-refractivity contribution in [2.24, 2.45) is 14.1 Å². The van der Waals surface area contributed by atoms with Crippen LogP contribution in [0.2, 0.25) is 5.02 Å². The van der Waals surface area contributed by atoms with Crippen LogP contribution < -0.4 is 0 Å². The van der Waals surface area contributed by atoms with Gasteiger partial charge in [-0.1, -0.05) is 11.6 Å². The first kappa shape index (κ1) is 16.1. The van der Waals surface area contributed by atoms with Gasteiger partial charge in [0.2, 0.25) is 5.91 Å². The number of pyridine rings is 1. The van der Waals surface area contributed by atoms with E-state index in [4.69, 9.17) is 11.6 Å². The molecule has 1 N–H and O–H groups in total. The minimum atomic E-state index is -0.480. The summed E-state index contributed by atoms with van der Waals surface area (Å²) in [7, 11) is 3.84. The second kappa shape index (κ2) is 5.86. The third-order valence-corrected chi connectivity index (χ3v) is 5.09. The number of amides is 1. The Labute approximate surface area is 149 Å². The lowest BCUT2D eigenvalue weighted by atomic mass is 10.0. The van der Waals surface area contributed by atoms with E-state index in [1.165, 1.54) is 0 Å². The number of carbonyl (C=O) groups is 1. The zero-order valence-corrected chi connectivity index (χ0v) is 14.8. The molecule has 1 aliphatic heterocycles. The van der Waals surface area contributed by atoms with Crippen molar-refractivity contribution in [3.05, 3.63) is 34.7 Å². The Hall–Kier alpha value is -2.38. The molecular weight excluding hydrogens is 342 g/mol. The largest absolute Gasteiger partial charge is 0.387 e. The van der Waals surface area contributed by atoms with Gasteiger partial charge in [0.05, 0.1) is 10.5 Å². The molecule has 0 atom stereocenters. The fourth-order valence-corrected chi connectivity index (χ4v) is 3.89. The predicted molar refractivity (Wildman–Crippen MR) is 94.1 cm³/mol. The van der Waals surface area contributed by atoms with Gasteiger partial charge in [0, 0.05) is 62.6 Å². The molecule has 0 radical (unpaired) electrons. The number of aliphatic hydroxyl groups is 1. The Morgan fingerprint density at radius 3 is 2.88 bits per heavy atom. The summed E-state index contributed by atoms with van der Waals surface area (Å²) in [6, 6.07) is 1.91. The average molecular weight is 360 g/mol. The molecule has 25 heavy (non-hydrogen) atoms. The third-order valence-electron chi connectivity index (χ3n) is 4.81. The summed E-state index contributed by atoms with van der Waals surface area (Å²) in [6.45, 7) is 0.542. The van der Waals surface area contributed by atoms with Crippen LogP contribution in [0.3, 0.4) is 0 Å². The van der Waals surface area contributed by atoms with Gasteiger partial charge in [0.15, 0.2) is 0 Å². The average Bonchev–Trinajstić information content (AvgIpc) is 3.17. The lowest BCUT2D eigenvalue weighted by molar-refractivity contribution is -0.135. The van der Waals surface area contributed by atoms with Gasteiger partial charge in [0.25, 0.3) is 0 Å². The fourth-order valence-electron chi connectivity index (χ4n) is 3.62. The highest BCUT2D eigenvalue weighted by Crippen LogP contribution is 2.38. The minimum absolute atomic E-state index is 0.267. The highest BCUT2D eigenvalue weighted by atomic mass is 35.5. The Kier molecular flexibility index (Phi) is 3.77. The van der Waals surface area contributed by atoms with Crippen LogP contribution in [-0.4, -0.2) is 48.4 Å². The summed E-state index contributed by atoms with van der Waals surface area (Å²) in [6.07, 6.45) is 4.23. The maximum atomic E-state index is 12.0. The van der Waals surface area contributed by atoms with Crippen LogP contribution in [0.5, 0.6) is 0 Å². The molecule has 0 spiro atoms. The first-order chi connectivity index (χ1) is 12.0. The van der Waals surface area contributed by atoms with Crippen LogP contribution in [0.4, 0.5) is 0 Å². The first-order valence-electron chi connectivity index (χ1n) is 8.04. The molecule has 0 saturated carbocycles. The maximum absolute atomic E-state index is 12.0. The van der Waals surface area contributed by atoms with Gasteiger partial charge in [0.1, 0.15) is 18.0 Å². The number of hydrogen-bond acceptors (Lipinski definition) is 4. The van der Waals surface area contributed by atoms with Crippen molar-refractivity contribution in [1.82, 2.24) is 24.2 Å². The standard InChI is InChI=1S/C17H18ClN5O2/c1-21-5-3-12(20-21)16-15-10-8-23(14(25)9-24)6-4-13(10)22(2)17(15)11(18)7-19-16/h3,5,7,24H,4,6,8-9H2,1-2H3. The van der Waals surface area contributed by atoms with Crippen molar-refractivity contribution in [3.8, 4) is 11.4 Å². The first-order valence-corrected chi connectivity index (χ1v) is 8.42. The Balaban J connectivity index is 1.98. The molecule has 0 bridgehead atoms. The minimum Gasteiger partial charge on any atom is -0.387 e. The molecule has 4 heterocycles. The lowest BCUT2D eigenvalue weighted by Gasteiger charge is -2.27. The van der Waals surface area contributed by atoms with Crippen LogP contribution in [0.25, 0.3) is 22.3 Å². The summed E-state index contributed by atoms with van der Waals surface area (Å²) >= 11 is 6.44. The molecular formula is C17H18ClN5O2. The molecule has 130 valence electrons. The molecule has 1 amide bonds. The summed E-state index contributed by atoms with van der Waals surface area (Å²) in [5, 5.41) is 15.2. The van der Waals surface area contributed by atoms with Crippen molar-refractivity contribution in [1.29, 1.82) is 0 Å². The van der Waals surface area contributed by atoms with E-state index in [1.54, 1.807) is 15.8 Å². The Morgan fingerprint density at radius 1 is 1.40 bits per heavy atom. The Morgan fingerprint density at radius 2 is 2.20 bits per heavy atom. The SMILES string of the molecule is Cn1ccc(-c2ncc(Cl)c3c2c2c(n3C)CCN(C(=O)CO)C2)n1. The molecule has 3 aromatic rings. The molecule has 8 heteroatoms. The van der Waals surface area contributed by atoms with Crippen molar-refractivity contribution >= 4 is 28.4 Å². The van der Waals surface area contributed by atoms with E-state index >= 15 is 0 Å². The number of aryl methyl sites for hydroxylation is 2. The quantitative estimate of drug-likeness (QED) is 0.752. The van der Waals surface area contributed by atoms with E-state index in [-0.39, 0.29) is 5.91 Å². The molecule has 0 fully saturated rings. The van der Waals surface area contributed by atoms with Crippen molar-refractivity contribution in [3.63, 3.8) is 0 Å². The fraction of sp³-hybridized carbons (Fsp3) is 0.353. The topological polar surface area (TPSA) is 76.2 Å². The number of aromatic nitrogens is 4. The number of fused-ring (bicyclic) bond motifs is 3. The van der Waals surface area contributed by atoms with Crippen LogP contribution in [0.1, 0.15) is 11.3 Å². The van der Waals surface area contributed by atoms with E-state index in [1.807, 2.05) is 26.4 Å². The number of rotatable bonds is 2.